The molecule has 7 heteroatoms. The average Bonchev–Trinajstić information content (AvgIpc) is 3.07. The summed E-state index contributed by atoms with van der Waals surface area (Å²) in [6, 6.07) is 15.4. The van der Waals surface area contributed by atoms with E-state index in [9.17, 15) is 9.59 Å². The standard InChI is InChI=1S/C22H26N4O3/c1-16(27)23-13-5-8-21-25-19-6-3-4-7-20(19)26(21)15-22(28)24-14-17-9-11-18(29-2)12-10-17/h3-4,6-7,9-12H,5,8,13-15H2,1-2H3,(H,23,27)(H,24,28). The van der Waals surface area contributed by atoms with Gasteiger partial charge < -0.3 is 19.9 Å². The summed E-state index contributed by atoms with van der Waals surface area (Å²) in [6.07, 6.45) is 1.44. The van der Waals surface area contributed by atoms with Crippen molar-refractivity contribution in [2.24, 2.45) is 0 Å². The van der Waals surface area contributed by atoms with Crippen molar-refractivity contribution < 1.29 is 14.3 Å². The monoisotopic (exact) mass is 394 g/mol. The second-order valence-electron chi connectivity index (χ2n) is 6.81. The summed E-state index contributed by atoms with van der Waals surface area (Å²) in [7, 11) is 1.62. The lowest BCUT2D eigenvalue weighted by Crippen LogP contribution is -2.28. The molecular formula is C22H26N4O3. The van der Waals surface area contributed by atoms with Gasteiger partial charge in [0.15, 0.2) is 0 Å². The fourth-order valence-corrected chi connectivity index (χ4v) is 3.15. The Balaban J connectivity index is 1.65. The van der Waals surface area contributed by atoms with E-state index in [-0.39, 0.29) is 18.4 Å². The zero-order valence-corrected chi connectivity index (χ0v) is 16.8. The van der Waals surface area contributed by atoms with E-state index < -0.39 is 0 Å². The quantitative estimate of drug-likeness (QED) is 0.546. The van der Waals surface area contributed by atoms with Crippen molar-refractivity contribution in [3.05, 3.63) is 59.9 Å². The van der Waals surface area contributed by atoms with Gasteiger partial charge in [0.2, 0.25) is 11.8 Å². The Kier molecular flexibility index (Phi) is 6.84. The first-order valence-electron chi connectivity index (χ1n) is 9.65. The number of nitrogens with zero attached hydrogens (tertiary/aromatic N) is 2. The van der Waals surface area contributed by atoms with Crippen molar-refractivity contribution in [3.63, 3.8) is 0 Å². The number of fused-ring (bicyclic) bond motifs is 1. The molecule has 0 spiro atoms. The van der Waals surface area contributed by atoms with Gasteiger partial charge in [-0.15, -0.1) is 0 Å². The van der Waals surface area contributed by atoms with Crippen LogP contribution in [0.5, 0.6) is 5.75 Å². The predicted molar refractivity (Wildman–Crippen MR) is 112 cm³/mol. The van der Waals surface area contributed by atoms with Crippen LogP contribution in [0.4, 0.5) is 0 Å². The number of ether oxygens (including phenoxy) is 1. The first-order chi connectivity index (χ1) is 14.1. The summed E-state index contributed by atoms with van der Waals surface area (Å²) in [6.45, 7) is 2.74. The third-order valence-corrected chi connectivity index (χ3v) is 4.64. The molecule has 152 valence electrons. The molecule has 0 aliphatic heterocycles. The number of rotatable bonds is 9. The number of aryl methyl sites for hydroxylation is 1. The van der Waals surface area contributed by atoms with Crippen LogP contribution in [0, 0.1) is 0 Å². The van der Waals surface area contributed by atoms with Crippen molar-refractivity contribution in [1.82, 2.24) is 20.2 Å². The van der Waals surface area contributed by atoms with Crippen LogP contribution in [-0.4, -0.2) is 35.0 Å². The molecule has 0 aliphatic rings. The van der Waals surface area contributed by atoms with Crippen LogP contribution in [0.1, 0.15) is 24.7 Å². The van der Waals surface area contributed by atoms with Gasteiger partial charge in [-0.2, -0.15) is 0 Å². The highest BCUT2D eigenvalue weighted by Gasteiger charge is 2.13. The van der Waals surface area contributed by atoms with Crippen LogP contribution in [0.15, 0.2) is 48.5 Å². The normalized spacial score (nSPS) is 10.7. The zero-order valence-electron chi connectivity index (χ0n) is 16.8. The molecule has 1 heterocycles. The molecule has 0 radical (unpaired) electrons. The number of nitrogens with one attached hydrogen (secondary N) is 2. The van der Waals surface area contributed by atoms with Gasteiger partial charge in [0, 0.05) is 26.4 Å². The van der Waals surface area contributed by atoms with Crippen molar-refractivity contribution in [2.45, 2.75) is 32.9 Å². The fourth-order valence-electron chi connectivity index (χ4n) is 3.15. The van der Waals surface area contributed by atoms with Crippen LogP contribution in [0.3, 0.4) is 0 Å². The van der Waals surface area contributed by atoms with Crippen molar-refractivity contribution in [1.29, 1.82) is 0 Å². The number of hydrogen-bond acceptors (Lipinski definition) is 4. The Bertz CT molecular complexity index is 979. The average molecular weight is 394 g/mol. The molecule has 0 atom stereocenters. The zero-order chi connectivity index (χ0) is 20.6. The first kappa shape index (κ1) is 20.4. The van der Waals surface area contributed by atoms with E-state index >= 15 is 0 Å². The lowest BCUT2D eigenvalue weighted by Gasteiger charge is -2.11. The van der Waals surface area contributed by atoms with E-state index in [4.69, 9.17) is 4.74 Å². The Morgan fingerprint density at radius 3 is 2.55 bits per heavy atom. The molecule has 3 rings (SSSR count). The van der Waals surface area contributed by atoms with Gasteiger partial charge in [-0.05, 0) is 36.2 Å². The molecule has 2 amide bonds. The topological polar surface area (TPSA) is 85.2 Å². The van der Waals surface area contributed by atoms with Gasteiger partial charge in [-0.1, -0.05) is 24.3 Å². The molecule has 0 aliphatic carbocycles. The molecule has 2 N–H and O–H groups in total. The Hall–Kier alpha value is -3.35. The van der Waals surface area contributed by atoms with Crippen molar-refractivity contribution in [3.8, 4) is 5.75 Å². The number of amides is 2. The molecule has 0 fully saturated rings. The third-order valence-electron chi connectivity index (χ3n) is 4.64. The lowest BCUT2D eigenvalue weighted by molar-refractivity contribution is -0.122. The smallest absolute Gasteiger partial charge is 0.240 e. The Morgan fingerprint density at radius 1 is 1.07 bits per heavy atom. The third kappa shape index (κ3) is 5.57. The molecule has 1 aromatic heterocycles. The molecule has 2 aromatic carbocycles. The summed E-state index contributed by atoms with van der Waals surface area (Å²) in [5, 5.41) is 5.76. The summed E-state index contributed by atoms with van der Waals surface area (Å²) < 4.78 is 7.10. The highest BCUT2D eigenvalue weighted by atomic mass is 16.5. The molecule has 3 aromatic rings. The molecular weight excluding hydrogens is 368 g/mol. The van der Waals surface area contributed by atoms with Crippen molar-refractivity contribution >= 4 is 22.8 Å². The number of carbonyl (C=O) groups excluding carboxylic acids is 2. The fraction of sp³-hybridized carbons (Fsp3) is 0.318. The van der Waals surface area contributed by atoms with Gasteiger partial charge >= 0.3 is 0 Å². The number of carbonyl (C=O) groups is 2. The van der Waals surface area contributed by atoms with Gasteiger partial charge in [0.25, 0.3) is 0 Å². The largest absolute Gasteiger partial charge is 0.497 e. The predicted octanol–water partition coefficient (Wildman–Crippen LogP) is 2.43. The van der Waals surface area contributed by atoms with Crippen molar-refractivity contribution in [2.75, 3.05) is 13.7 Å². The molecule has 29 heavy (non-hydrogen) atoms. The summed E-state index contributed by atoms with van der Waals surface area (Å²) in [4.78, 5) is 28.3. The molecule has 0 saturated heterocycles. The second-order valence-corrected chi connectivity index (χ2v) is 6.81. The van der Waals surface area contributed by atoms with Crippen LogP contribution in [0.2, 0.25) is 0 Å². The van der Waals surface area contributed by atoms with E-state index in [1.54, 1.807) is 7.11 Å². The molecule has 7 nitrogen and oxygen atoms in total. The minimum absolute atomic E-state index is 0.0450. The van der Waals surface area contributed by atoms with Crippen LogP contribution in [0.25, 0.3) is 11.0 Å². The summed E-state index contributed by atoms with van der Waals surface area (Å²) >= 11 is 0. The SMILES string of the molecule is COc1ccc(CNC(=O)Cn2c(CCCNC(C)=O)nc3ccccc32)cc1. The van der Waals surface area contributed by atoms with Gasteiger partial charge in [0.05, 0.1) is 18.1 Å². The molecule has 0 unspecified atom stereocenters. The number of aromatic nitrogens is 2. The maximum atomic E-state index is 12.6. The number of para-hydroxylation sites is 2. The second kappa shape index (κ2) is 9.73. The van der Waals surface area contributed by atoms with Crippen LogP contribution < -0.4 is 15.4 Å². The summed E-state index contributed by atoms with van der Waals surface area (Å²) in [5.41, 5.74) is 2.80. The number of hydrogen-bond donors (Lipinski definition) is 2. The highest BCUT2D eigenvalue weighted by molar-refractivity contribution is 5.81. The number of methoxy groups -OCH3 is 1. The maximum absolute atomic E-state index is 12.6. The van der Waals surface area contributed by atoms with Crippen LogP contribution >= 0.6 is 0 Å². The van der Waals surface area contributed by atoms with E-state index in [0.717, 1.165) is 34.6 Å². The van der Waals surface area contributed by atoms with Gasteiger partial charge in [-0.25, -0.2) is 4.98 Å². The molecule has 0 saturated carbocycles. The summed E-state index contributed by atoms with van der Waals surface area (Å²) in [5.74, 6) is 1.51. The highest BCUT2D eigenvalue weighted by Crippen LogP contribution is 2.17. The van der Waals surface area contributed by atoms with E-state index in [1.165, 1.54) is 6.92 Å². The minimum Gasteiger partial charge on any atom is -0.497 e. The van der Waals surface area contributed by atoms with E-state index in [2.05, 4.69) is 15.6 Å². The van der Waals surface area contributed by atoms with E-state index in [1.807, 2.05) is 53.1 Å². The van der Waals surface area contributed by atoms with Crippen LogP contribution in [-0.2, 0) is 29.1 Å². The first-order valence-corrected chi connectivity index (χ1v) is 9.65. The number of imidazole rings is 1. The van der Waals surface area contributed by atoms with Gasteiger partial charge in [0.1, 0.15) is 18.1 Å². The van der Waals surface area contributed by atoms with Gasteiger partial charge in [-0.3, -0.25) is 9.59 Å². The Labute approximate surface area is 170 Å². The van der Waals surface area contributed by atoms with E-state index in [0.29, 0.717) is 19.5 Å². The maximum Gasteiger partial charge on any atom is 0.240 e. The number of benzene rings is 2. The lowest BCUT2D eigenvalue weighted by atomic mass is 10.2. The minimum atomic E-state index is -0.0768. The molecule has 0 bridgehead atoms. The Morgan fingerprint density at radius 2 is 1.83 bits per heavy atom.